The first-order chi connectivity index (χ1) is 13.4. The highest BCUT2D eigenvalue weighted by Gasteiger charge is 2.21. The lowest BCUT2D eigenvalue weighted by atomic mass is 9.99. The molecule has 150 valence electrons. The van der Waals surface area contributed by atoms with Crippen molar-refractivity contribution in [2.45, 2.75) is 52.4 Å². The Morgan fingerprint density at radius 1 is 1.14 bits per heavy atom. The Labute approximate surface area is 167 Å². The summed E-state index contributed by atoms with van der Waals surface area (Å²) in [6.07, 6.45) is 3.69. The molecule has 3 aromatic heterocycles. The molecule has 0 aliphatic heterocycles. The molecule has 0 saturated heterocycles. The van der Waals surface area contributed by atoms with Gasteiger partial charge in [0.15, 0.2) is 5.65 Å². The molecule has 3 aromatic rings. The number of aliphatic hydroxyl groups excluding tert-OH is 1. The van der Waals surface area contributed by atoms with Gasteiger partial charge in [0, 0.05) is 43.0 Å². The van der Waals surface area contributed by atoms with Crippen molar-refractivity contribution in [3.05, 3.63) is 35.3 Å². The molecule has 0 saturated carbocycles. The highest BCUT2D eigenvalue weighted by molar-refractivity contribution is 5.83. The third-order valence-electron chi connectivity index (χ3n) is 5.38. The fraction of sp³-hybridized carbons (Fsp3) is 0.500. The molecule has 1 atom stereocenters. The second kappa shape index (κ2) is 8.27. The zero-order valence-electron chi connectivity index (χ0n) is 17.7. The maximum atomic E-state index is 9.77. The molecule has 0 amide bonds. The van der Waals surface area contributed by atoms with Crippen molar-refractivity contribution in [2.24, 2.45) is 7.05 Å². The molecular formula is C22H31N5O. The van der Waals surface area contributed by atoms with E-state index >= 15 is 0 Å². The first kappa shape index (κ1) is 20.3. The summed E-state index contributed by atoms with van der Waals surface area (Å²) in [4.78, 5) is 14.8. The van der Waals surface area contributed by atoms with Crippen molar-refractivity contribution in [3.8, 4) is 11.3 Å². The number of aliphatic hydroxyl groups is 1. The number of hydrogen-bond acceptors (Lipinski definition) is 5. The van der Waals surface area contributed by atoms with Gasteiger partial charge in [-0.25, -0.2) is 15.0 Å². The number of pyridine rings is 1. The number of fused-ring (bicyclic) bond motifs is 1. The summed E-state index contributed by atoms with van der Waals surface area (Å²) >= 11 is 0. The number of aromatic nitrogens is 4. The smallest absolute Gasteiger partial charge is 0.159 e. The molecule has 0 spiro atoms. The number of nitrogens with one attached hydrogen (secondary N) is 1. The van der Waals surface area contributed by atoms with Crippen LogP contribution in [0.3, 0.4) is 0 Å². The number of anilines is 1. The molecule has 3 heterocycles. The first-order valence-electron chi connectivity index (χ1n) is 10.1. The third-order valence-corrected chi connectivity index (χ3v) is 5.38. The summed E-state index contributed by atoms with van der Waals surface area (Å²) in [6.45, 7) is 8.58. The predicted octanol–water partition coefficient (Wildman–Crippen LogP) is 4.24. The van der Waals surface area contributed by atoms with E-state index in [2.05, 4.69) is 51.3 Å². The minimum Gasteiger partial charge on any atom is -0.396 e. The Morgan fingerprint density at radius 2 is 1.89 bits per heavy atom. The molecule has 2 N–H and O–H groups in total. The van der Waals surface area contributed by atoms with Crippen molar-refractivity contribution < 1.29 is 5.11 Å². The van der Waals surface area contributed by atoms with Crippen LogP contribution in [0.1, 0.15) is 62.9 Å². The summed E-state index contributed by atoms with van der Waals surface area (Å²) in [6, 6.07) is 4.16. The largest absolute Gasteiger partial charge is 0.396 e. The van der Waals surface area contributed by atoms with E-state index < -0.39 is 0 Å². The molecule has 0 unspecified atom stereocenters. The molecule has 0 radical (unpaired) electrons. The Kier molecular flexibility index (Phi) is 5.98. The van der Waals surface area contributed by atoms with Crippen LogP contribution in [-0.4, -0.2) is 38.3 Å². The normalized spacial score (nSPS) is 12.7. The second-order valence-electron chi connectivity index (χ2n) is 7.56. The maximum Gasteiger partial charge on any atom is 0.159 e. The van der Waals surface area contributed by atoms with Crippen molar-refractivity contribution in [1.29, 1.82) is 0 Å². The van der Waals surface area contributed by atoms with Gasteiger partial charge in [-0.3, -0.25) is 0 Å². The van der Waals surface area contributed by atoms with E-state index in [0.717, 1.165) is 58.0 Å². The number of rotatable bonds is 7. The van der Waals surface area contributed by atoms with Gasteiger partial charge in [-0.15, -0.1) is 0 Å². The first-order valence-corrected chi connectivity index (χ1v) is 10.1. The average molecular weight is 382 g/mol. The highest BCUT2D eigenvalue weighted by Crippen LogP contribution is 2.33. The van der Waals surface area contributed by atoms with E-state index in [0.29, 0.717) is 5.92 Å². The van der Waals surface area contributed by atoms with E-state index in [1.807, 2.05) is 18.7 Å². The predicted molar refractivity (Wildman–Crippen MR) is 115 cm³/mol. The van der Waals surface area contributed by atoms with E-state index in [1.165, 1.54) is 0 Å². The van der Waals surface area contributed by atoms with Gasteiger partial charge in [-0.2, -0.15) is 0 Å². The zero-order valence-corrected chi connectivity index (χ0v) is 17.7. The van der Waals surface area contributed by atoms with E-state index in [9.17, 15) is 5.11 Å². The fourth-order valence-electron chi connectivity index (χ4n) is 3.62. The van der Waals surface area contributed by atoms with Crippen LogP contribution in [0.2, 0.25) is 0 Å². The van der Waals surface area contributed by atoms with E-state index in [-0.39, 0.29) is 12.5 Å². The number of hydrogen-bond donors (Lipinski definition) is 2. The lowest BCUT2D eigenvalue weighted by Crippen LogP contribution is -2.06. The van der Waals surface area contributed by atoms with Crippen molar-refractivity contribution in [3.63, 3.8) is 0 Å². The Hall–Kier alpha value is -2.47. The topological polar surface area (TPSA) is 75.9 Å². The quantitative estimate of drug-likeness (QED) is 0.640. The van der Waals surface area contributed by atoms with Crippen LogP contribution in [0.5, 0.6) is 0 Å². The lowest BCUT2D eigenvalue weighted by molar-refractivity contribution is 0.263. The van der Waals surface area contributed by atoms with Crippen LogP contribution >= 0.6 is 0 Å². The Morgan fingerprint density at radius 3 is 2.46 bits per heavy atom. The van der Waals surface area contributed by atoms with Gasteiger partial charge < -0.3 is 15.0 Å². The molecule has 3 rings (SSSR count). The molecule has 0 fully saturated rings. The molecular weight excluding hydrogens is 350 g/mol. The maximum absolute atomic E-state index is 9.77. The van der Waals surface area contributed by atoms with Crippen LogP contribution in [0.4, 0.5) is 5.82 Å². The second-order valence-corrected chi connectivity index (χ2v) is 7.56. The van der Waals surface area contributed by atoms with E-state index in [4.69, 9.17) is 15.0 Å². The van der Waals surface area contributed by atoms with Gasteiger partial charge in [-0.05, 0) is 30.9 Å². The van der Waals surface area contributed by atoms with Gasteiger partial charge in [0.2, 0.25) is 0 Å². The molecule has 0 aliphatic carbocycles. The Balaban J connectivity index is 2.24. The summed E-state index contributed by atoms with van der Waals surface area (Å²) in [5.74, 6) is 1.26. The van der Waals surface area contributed by atoms with Gasteiger partial charge in [0.05, 0.1) is 18.0 Å². The fourth-order valence-corrected chi connectivity index (χ4v) is 3.62. The van der Waals surface area contributed by atoms with Gasteiger partial charge in [-0.1, -0.05) is 27.7 Å². The van der Waals surface area contributed by atoms with E-state index in [1.54, 1.807) is 0 Å². The van der Waals surface area contributed by atoms with Crippen molar-refractivity contribution in [1.82, 2.24) is 19.5 Å². The molecule has 6 nitrogen and oxygen atoms in total. The molecule has 0 aliphatic rings. The molecule has 6 heteroatoms. The molecule has 0 bridgehead atoms. The summed E-state index contributed by atoms with van der Waals surface area (Å²) in [5, 5.41) is 13.0. The standard InChI is InChI=1S/C22H31N5O/c1-7-14(12-28)16-11-27(6)22-20(16)24-17(8-2)19(26-22)15-9-10-18(13(3)4)25-21(15)23-5/h9-11,13-14,28H,7-8,12H2,1-6H3,(H,23,25)/t14-/m1/s1. The van der Waals surface area contributed by atoms with Crippen molar-refractivity contribution >= 4 is 17.0 Å². The van der Waals surface area contributed by atoms with Crippen LogP contribution in [-0.2, 0) is 13.5 Å². The average Bonchev–Trinajstić information content (AvgIpc) is 3.03. The SMILES string of the molecule is CCc1nc2c([C@H](CC)CO)cn(C)c2nc1-c1ccc(C(C)C)nc1NC. The molecule has 0 aromatic carbocycles. The highest BCUT2D eigenvalue weighted by atomic mass is 16.3. The van der Waals surface area contributed by atoms with Gasteiger partial charge >= 0.3 is 0 Å². The summed E-state index contributed by atoms with van der Waals surface area (Å²) < 4.78 is 2.01. The Bertz CT molecular complexity index is 973. The minimum absolute atomic E-state index is 0.0772. The van der Waals surface area contributed by atoms with Crippen LogP contribution < -0.4 is 5.32 Å². The van der Waals surface area contributed by atoms with Gasteiger partial charge in [0.25, 0.3) is 0 Å². The van der Waals surface area contributed by atoms with Crippen LogP contribution in [0, 0.1) is 0 Å². The lowest BCUT2D eigenvalue weighted by Gasteiger charge is -2.15. The van der Waals surface area contributed by atoms with Crippen molar-refractivity contribution in [2.75, 3.05) is 19.0 Å². The third kappa shape index (κ3) is 3.49. The molecule has 28 heavy (non-hydrogen) atoms. The minimum atomic E-state index is 0.0772. The summed E-state index contributed by atoms with van der Waals surface area (Å²) in [5.41, 5.74) is 6.63. The van der Waals surface area contributed by atoms with Crippen LogP contribution in [0.15, 0.2) is 18.3 Å². The number of nitrogens with zero attached hydrogens (tertiary/aromatic N) is 4. The monoisotopic (exact) mass is 381 g/mol. The van der Waals surface area contributed by atoms with Crippen LogP contribution in [0.25, 0.3) is 22.4 Å². The van der Waals surface area contributed by atoms with Gasteiger partial charge in [0.1, 0.15) is 11.3 Å². The zero-order chi connectivity index (χ0) is 20.4. The summed E-state index contributed by atoms with van der Waals surface area (Å²) in [7, 11) is 3.88. The number of aryl methyl sites for hydroxylation is 2.